The van der Waals surface area contributed by atoms with Crippen LogP contribution >= 0.6 is 11.6 Å². The van der Waals surface area contributed by atoms with Crippen molar-refractivity contribution in [2.75, 3.05) is 0 Å². The summed E-state index contributed by atoms with van der Waals surface area (Å²) >= 11 is 6.09. The molecule has 2 atom stereocenters. The summed E-state index contributed by atoms with van der Waals surface area (Å²) in [5, 5.41) is 10.1. The molecule has 1 aliphatic carbocycles. The van der Waals surface area contributed by atoms with Gasteiger partial charge in [-0.25, -0.2) is 0 Å². The predicted molar refractivity (Wildman–Crippen MR) is 64.0 cm³/mol. The second-order valence-corrected chi connectivity index (χ2v) is 5.29. The van der Waals surface area contributed by atoms with Gasteiger partial charge in [0.1, 0.15) is 0 Å². The molecule has 1 heterocycles. The van der Waals surface area contributed by atoms with Crippen LogP contribution < -0.4 is 0 Å². The Bertz CT molecular complexity index is 424. The summed E-state index contributed by atoms with van der Waals surface area (Å²) in [7, 11) is 0. The first-order valence-electron chi connectivity index (χ1n) is 5.65. The molecular weight excluding hydrogens is 220 g/mol. The fraction of sp³-hybridized carbons (Fsp3) is 0.538. The Labute approximate surface area is 101 Å². The Balaban J connectivity index is 2.21. The summed E-state index contributed by atoms with van der Waals surface area (Å²) in [6, 6.07) is 4.43. The molecule has 2 unspecified atom stereocenters. The van der Waals surface area contributed by atoms with E-state index in [0.29, 0.717) is 10.9 Å². The van der Waals surface area contributed by atoms with Gasteiger partial charge in [0.25, 0.3) is 0 Å². The summed E-state index contributed by atoms with van der Waals surface area (Å²) < 4.78 is 0. The number of hydrogen-bond acceptors (Lipinski definition) is 2. The molecule has 1 aromatic heterocycles. The van der Waals surface area contributed by atoms with E-state index >= 15 is 0 Å². The van der Waals surface area contributed by atoms with Gasteiger partial charge in [-0.05, 0) is 43.2 Å². The van der Waals surface area contributed by atoms with Gasteiger partial charge in [0.05, 0.1) is 16.5 Å². The van der Waals surface area contributed by atoms with E-state index in [9.17, 15) is 5.26 Å². The summed E-state index contributed by atoms with van der Waals surface area (Å²) in [5.41, 5.74) is 0.844. The number of aromatic nitrogens is 1. The third-order valence-corrected chi connectivity index (χ3v) is 3.82. The third kappa shape index (κ3) is 2.20. The molecule has 0 N–H and O–H groups in total. The Morgan fingerprint density at radius 2 is 2.50 bits per heavy atom. The molecule has 2 nitrogen and oxygen atoms in total. The molecule has 0 saturated heterocycles. The molecule has 0 aliphatic heterocycles. The summed E-state index contributed by atoms with van der Waals surface area (Å²) in [6.45, 7) is 2.22. The molecule has 0 bridgehead atoms. The first kappa shape index (κ1) is 11.4. The molecule has 0 amide bonds. The van der Waals surface area contributed by atoms with Crippen molar-refractivity contribution in [3.05, 3.63) is 29.0 Å². The van der Waals surface area contributed by atoms with Gasteiger partial charge < -0.3 is 0 Å². The van der Waals surface area contributed by atoms with Gasteiger partial charge >= 0.3 is 0 Å². The van der Waals surface area contributed by atoms with Gasteiger partial charge in [-0.15, -0.1) is 0 Å². The second-order valence-electron chi connectivity index (χ2n) is 4.88. The van der Waals surface area contributed by atoms with Crippen molar-refractivity contribution in [1.29, 1.82) is 5.26 Å². The monoisotopic (exact) mass is 234 g/mol. The quantitative estimate of drug-likeness (QED) is 0.784. The fourth-order valence-electron chi connectivity index (χ4n) is 2.61. The Hall–Kier alpha value is -1.07. The van der Waals surface area contributed by atoms with Crippen molar-refractivity contribution in [2.24, 2.45) is 11.3 Å². The normalized spacial score (nSPS) is 28.9. The van der Waals surface area contributed by atoms with Crippen LogP contribution in [-0.2, 0) is 6.42 Å². The van der Waals surface area contributed by atoms with Gasteiger partial charge in [-0.2, -0.15) is 5.26 Å². The average molecular weight is 235 g/mol. The van der Waals surface area contributed by atoms with Gasteiger partial charge in [-0.1, -0.05) is 18.5 Å². The van der Waals surface area contributed by atoms with Crippen molar-refractivity contribution in [1.82, 2.24) is 4.98 Å². The zero-order valence-electron chi connectivity index (χ0n) is 9.41. The van der Waals surface area contributed by atoms with Crippen molar-refractivity contribution in [2.45, 2.75) is 32.6 Å². The van der Waals surface area contributed by atoms with E-state index in [1.165, 1.54) is 0 Å². The largest absolute Gasteiger partial charge is 0.263 e. The van der Waals surface area contributed by atoms with Gasteiger partial charge in [0.2, 0.25) is 0 Å². The molecule has 1 saturated carbocycles. The van der Waals surface area contributed by atoms with Crippen LogP contribution in [0, 0.1) is 22.7 Å². The molecule has 0 aromatic carbocycles. The van der Waals surface area contributed by atoms with E-state index in [4.69, 9.17) is 11.6 Å². The van der Waals surface area contributed by atoms with E-state index in [2.05, 4.69) is 18.0 Å². The number of hydrogen-bond donors (Lipinski definition) is 0. The standard InChI is InChI=1S/C13H15ClN2/c1-10-2-4-13(6-10,9-15)7-11-3-5-16-8-12(11)14/h3,5,8,10H,2,4,6-7H2,1H3. The lowest BCUT2D eigenvalue weighted by atomic mass is 9.81. The van der Waals surface area contributed by atoms with Crippen LogP contribution in [0.2, 0.25) is 5.02 Å². The molecule has 0 radical (unpaired) electrons. The third-order valence-electron chi connectivity index (χ3n) is 3.48. The lowest BCUT2D eigenvalue weighted by molar-refractivity contribution is 0.391. The Kier molecular flexibility index (Phi) is 3.16. The number of rotatable bonds is 2. The van der Waals surface area contributed by atoms with E-state index in [0.717, 1.165) is 31.2 Å². The molecule has 84 valence electrons. The molecule has 2 rings (SSSR count). The zero-order valence-corrected chi connectivity index (χ0v) is 10.2. The number of nitrogens with zero attached hydrogens (tertiary/aromatic N) is 2. The predicted octanol–water partition coefficient (Wildman–Crippen LogP) is 3.61. The lowest BCUT2D eigenvalue weighted by Gasteiger charge is -2.21. The molecule has 3 heteroatoms. The summed E-state index contributed by atoms with van der Waals surface area (Å²) in [5.74, 6) is 0.653. The molecule has 1 fully saturated rings. The number of halogens is 1. The minimum atomic E-state index is -0.204. The van der Waals surface area contributed by atoms with E-state index in [-0.39, 0.29) is 5.41 Å². The zero-order chi connectivity index (χ0) is 11.6. The minimum Gasteiger partial charge on any atom is -0.263 e. The highest BCUT2D eigenvalue weighted by atomic mass is 35.5. The Morgan fingerprint density at radius 3 is 3.06 bits per heavy atom. The highest BCUT2D eigenvalue weighted by molar-refractivity contribution is 6.31. The van der Waals surface area contributed by atoms with Crippen molar-refractivity contribution in [3.8, 4) is 6.07 Å². The number of pyridine rings is 1. The first-order valence-corrected chi connectivity index (χ1v) is 6.03. The Morgan fingerprint density at radius 1 is 1.69 bits per heavy atom. The summed E-state index contributed by atoms with van der Waals surface area (Å²) in [6.07, 6.45) is 7.28. The lowest BCUT2D eigenvalue weighted by Crippen LogP contribution is -2.18. The highest BCUT2D eigenvalue weighted by Gasteiger charge is 2.38. The minimum absolute atomic E-state index is 0.204. The van der Waals surface area contributed by atoms with Crippen LogP contribution in [0.3, 0.4) is 0 Å². The van der Waals surface area contributed by atoms with Gasteiger partial charge in [-0.3, -0.25) is 4.98 Å². The van der Waals surface area contributed by atoms with Crippen molar-refractivity contribution >= 4 is 11.6 Å². The molecule has 1 aromatic rings. The highest BCUT2D eigenvalue weighted by Crippen LogP contribution is 2.44. The molecule has 16 heavy (non-hydrogen) atoms. The number of nitriles is 1. The maximum Gasteiger partial charge on any atom is 0.0693 e. The molecule has 1 aliphatic rings. The summed E-state index contributed by atoms with van der Waals surface area (Å²) in [4.78, 5) is 3.97. The first-order chi connectivity index (χ1) is 7.65. The van der Waals surface area contributed by atoms with Crippen LogP contribution in [0.15, 0.2) is 18.5 Å². The van der Waals surface area contributed by atoms with Crippen LogP contribution in [0.25, 0.3) is 0 Å². The van der Waals surface area contributed by atoms with E-state index < -0.39 is 0 Å². The van der Waals surface area contributed by atoms with Gasteiger partial charge in [0.15, 0.2) is 0 Å². The fourth-order valence-corrected chi connectivity index (χ4v) is 2.79. The van der Waals surface area contributed by atoms with Crippen LogP contribution in [-0.4, -0.2) is 4.98 Å². The van der Waals surface area contributed by atoms with Crippen LogP contribution in [0.1, 0.15) is 31.7 Å². The van der Waals surface area contributed by atoms with Crippen molar-refractivity contribution < 1.29 is 0 Å². The topological polar surface area (TPSA) is 36.7 Å². The SMILES string of the molecule is CC1CCC(C#N)(Cc2ccncc2Cl)C1. The second kappa shape index (κ2) is 4.43. The van der Waals surface area contributed by atoms with Crippen molar-refractivity contribution in [3.63, 3.8) is 0 Å². The average Bonchev–Trinajstić information content (AvgIpc) is 2.65. The maximum absolute atomic E-state index is 9.38. The van der Waals surface area contributed by atoms with Crippen LogP contribution in [0.4, 0.5) is 0 Å². The molecule has 0 spiro atoms. The molecular formula is C13H15ClN2. The van der Waals surface area contributed by atoms with Gasteiger partial charge in [0, 0.05) is 12.4 Å². The van der Waals surface area contributed by atoms with E-state index in [1.807, 2.05) is 6.07 Å². The maximum atomic E-state index is 9.38. The smallest absolute Gasteiger partial charge is 0.0693 e. The van der Waals surface area contributed by atoms with E-state index in [1.54, 1.807) is 12.4 Å². The van der Waals surface area contributed by atoms with Crippen LogP contribution in [0.5, 0.6) is 0 Å².